The number of halogens is 1. The Morgan fingerprint density at radius 3 is 2.50 bits per heavy atom. The van der Waals surface area contributed by atoms with Gasteiger partial charge >= 0.3 is 0 Å². The van der Waals surface area contributed by atoms with Crippen LogP contribution >= 0.6 is 0 Å². The number of hydrogen-bond acceptors (Lipinski definition) is 2. The fraction of sp³-hybridized carbons (Fsp3) is 0.647. The van der Waals surface area contributed by atoms with Crippen LogP contribution in [0.15, 0.2) is 24.3 Å². The molecule has 0 spiro atoms. The van der Waals surface area contributed by atoms with Gasteiger partial charge in [0.05, 0.1) is 6.10 Å². The van der Waals surface area contributed by atoms with Crippen LogP contribution in [0.1, 0.15) is 64.0 Å². The molecule has 3 heteroatoms. The Labute approximate surface area is 122 Å². The molecule has 0 bridgehead atoms. The molecule has 1 aromatic carbocycles. The van der Waals surface area contributed by atoms with Gasteiger partial charge in [-0.3, -0.25) is 0 Å². The summed E-state index contributed by atoms with van der Waals surface area (Å²) in [5, 5.41) is 0. The Kier molecular flexibility index (Phi) is 8.47. The zero-order valence-electron chi connectivity index (χ0n) is 12.8. The first kappa shape index (κ1) is 17.1. The van der Waals surface area contributed by atoms with Crippen LogP contribution in [0.4, 0.5) is 4.39 Å². The quantitative estimate of drug-likeness (QED) is 0.637. The lowest BCUT2D eigenvalue weighted by atomic mass is 10.0. The second-order valence-electron chi connectivity index (χ2n) is 5.47. The van der Waals surface area contributed by atoms with Crippen molar-refractivity contribution in [3.05, 3.63) is 35.6 Å². The first-order valence-corrected chi connectivity index (χ1v) is 7.77. The maximum Gasteiger partial charge on any atom is 0.123 e. The number of hydrogen-bond donors (Lipinski definition) is 1. The average Bonchev–Trinajstić information content (AvgIpc) is 2.41. The van der Waals surface area contributed by atoms with Gasteiger partial charge in [0.1, 0.15) is 5.82 Å². The maximum atomic E-state index is 13.3. The molecule has 2 unspecified atom stereocenters. The van der Waals surface area contributed by atoms with Crippen molar-refractivity contribution in [2.75, 3.05) is 6.61 Å². The molecule has 1 aromatic rings. The van der Waals surface area contributed by atoms with E-state index in [9.17, 15) is 4.39 Å². The van der Waals surface area contributed by atoms with E-state index >= 15 is 0 Å². The fourth-order valence-corrected chi connectivity index (χ4v) is 2.33. The lowest BCUT2D eigenvalue weighted by molar-refractivity contribution is 0.0356. The summed E-state index contributed by atoms with van der Waals surface area (Å²) in [4.78, 5) is 0. The van der Waals surface area contributed by atoms with E-state index < -0.39 is 0 Å². The minimum atomic E-state index is -0.240. The molecule has 2 atom stereocenters. The molecule has 1 rings (SSSR count). The molecule has 0 radical (unpaired) electrons. The van der Waals surface area contributed by atoms with Crippen LogP contribution in [-0.4, -0.2) is 12.6 Å². The van der Waals surface area contributed by atoms with E-state index in [2.05, 4.69) is 6.92 Å². The Hall–Kier alpha value is -0.930. The van der Waals surface area contributed by atoms with Crippen molar-refractivity contribution in [3.8, 4) is 0 Å². The van der Waals surface area contributed by atoms with Gasteiger partial charge in [-0.2, -0.15) is 0 Å². The molecular formula is C17H28FNO. The van der Waals surface area contributed by atoms with Gasteiger partial charge in [-0.1, -0.05) is 51.2 Å². The van der Waals surface area contributed by atoms with Gasteiger partial charge in [0.15, 0.2) is 0 Å². The van der Waals surface area contributed by atoms with Gasteiger partial charge in [-0.15, -0.1) is 0 Å². The van der Waals surface area contributed by atoms with E-state index in [0.29, 0.717) is 6.61 Å². The minimum Gasteiger partial charge on any atom is -0.372 e. The van der Waals surface area contributed by atoms with Crippen LogP contribution < -0.4 is 5.73 Å². The summed E-state index contributed by atoms with van der Waals surface area (Å²) in [6.45, 7) is 4.81. The highest BCUT2D eigenvalue weighted by Gasteiger charge is 2.17. The smallest absolute Gasteiger partial charge is 0.123 e. The molecule has 0 saturated heterocycles. The Morgan fingerprint density at radius 2 is 1.85 bits per heavy atom. The number of benzene rings is 1. The highest BCUT2D eigenvalue weighted by atomic mass is 19.1. The van der Waals surface area contributed by atoms with Gasteiger partial charge < -0.3 is 10.5 Å². The van der Waals surface area contributed by atoms with Crippen LogP contribution in [0.3, 0.4) is 0 Å². The van der Waals surface area contributed by atoms with E-state index in [1.54, 1.807) is 6.07 Å². The molecule has 0 aliphatic rings. The third kappa shape index (κ3) is 6.49. The molecule has 0 heterocycles. The van der Waals surface area contributed by atoms with Gasteiger partial charge in [0.25, 0.3) is 0 Å². The minimum absolute atomic E-state index is 0.142. The first-order chi connectivity index (χ1) is 9.65. The number of unbranched alkanes of at least 4 members (excludes halogenated alkanes) is 5. The second kappa shape index (κ2) is 9.89. The molecule has 0 saturated carbocycles. The lowest BCUT2D eigenvalue weighted by Crippen LogP contribution is -2.27. The van der Waals surface area contributed by atoms with Crippen molar-refractivity contribution >= 4 is 0 Å². The Bertz CT molecular complexity index is 368. The van der Waals surface area contributed by atoms with Crippen LogP contribution in [0.2, 0.25) is 0 Å². The van der Waals surface area contributed by atoms with Gasteiger partial charge in [-0.25, -0.2) is 4.39 Å². The molecule has 20 heavy (non-hydrogen) atoms. The van der Waals surface area contributed by atoms with Crippen LogP contribution in [0, 0.1) is 5.82 Å². The standard InChI is InChI=1S/C17H28FNO/c1-3-4-5-6-7-8-12-20-17(14(2)19)15-10-9-11-16(18)13-15/h9-11,13-14,17H,3-8,12,19H2,1-2H3. The molecule has 0 amide bonds. The summed E-state index contributed by atoms with van der Waals surface area (Å²) in [7, 11) is 0. The average molecular weight is 281 g/mol. The zero-order valence-corrected chi connectivity index (χ0v) is 12.8. The maximum absolute atomic E-state index is 13.3. The fourth-order valence-electron chi connectivity index (χ4n) is 2.33. The van der Waals surface area contributed by atoms with Crippen LogP contribution in [-0.2, 0) is 4.74 Å². The molecule has 2 N–H and O–H groups in total. The monoisotopic (exact) mass is 281 g/mol. The van der Waals surface area contributed by atoms with Gasteiger partial charge in [-0.05, 0) is 31.0 Å². The van der Waals surface area contributed by atoms with E-state index in [4.69, 9.17) is 10.5 Å². The summed E-state index contributed by atoms with van der Waals surface area (Å²) in [6.07, 6.45) is 7.16. The highest BCUT2D eigenvalue weighted by Crippen LogP contribution is 2.21. The molecule has 0 fully saturated rings. The molecule has 114 valence electrons. The van der Waals surface area contributed by atoms with E-state index in [0.717, 1.165) is 12.0 Å². The topological polar surface area (TPSA) is 35.2 Å². The molecular weight excluding hydrogens is 253 g/mol. The molecule has 0 aliphatic heterocycles. The normalized spacial score (nSPS) is 14.2. The summed E-state index contributed by atoms with van der Waals surface area (Å²) in [6, 6.07) is 6.38. The third-order valence-corrected chi connectivity index (χ3v) is 3.45. The number of nitrogens with two attached hydrogens (primary N) is 1. The van der Waals surface area contributed by atoms with E-state index in [1.165, 1.54) is 44.2 Å². The predicted molar refractivity (Wildman–Crippen MR) is 82.1 cm³/mol. The Morgan fingerprint density at radius 1 is 1.15 bits per heavy atom. The molecule has 2 nitrogen and oxygen atoms in total. The number of rotatable bonds is 10. The highest BCUT2D eigenvalue weighted by molar-refractivity contribution is 5.20. The van der Waals surface area contributed by atoms with E-state index in [1.807, 2.05) is 13.0 Å². The second-order valence-corrected chi connectivity index (χ2v) is 5.47. The van der Waals surface area contributed by atoms with Crippen molar-refractivity contribution in [1.82, 2.24) is 0 Å². The van der Waals surface area contributed by atoms with Crippen molar-refractivity contribution in [2.45, 2.75) is 64.5 Å². The van der Waals surface area contributed by atoms with Crippen molar-refractivity contribution in [2.24, 2.45) is 5.73 Å². The molecule has 0 aliphatic carbocycles. The largest absolute Gasteiger partial charge is 0.372 e. The Balaban J connectivity index is 2.33. The SMILES string of the molecule is CCCCCCCCOC(c1cccc(F)c1)C(C)N. The summed E-state index contributed by atoms with van der Waals surface area (Å²) in [5.74, 6) is -0.240. The van der Waals surface area contributed by atoms with Crippen molar-refractivity contribution in [3.63, 3.8) is 0 Å². The van der Waals surface area contributed by atoms with Crippen molar-refractivity contribution in [1.29, 1.82) is 0 Å². The third-order valence-electron chi connectivity index (χ3n) is 3.45. The summed E-state index contributed by atoms with van der Waals surface area (Å²) < 4.78 is 19.1. The van der Waals surface area contributed by atoms with Gasteiger partial charge in [0, 0.05) is 12.6 Å². The van der Waals surface area contributed by atoms with Crippen LogP contribution in [0.25, 0.3) is 0 Å². The summed E-state index contributed by atoms with van der Waals surface area (Å²) >= 11 is 0. The van der Waals surface area contributed by atoms with Gasteiger partial charge in [0.2, 0.25) is 0 Å². The first-order valence-electron chi connectivity index (χ1n) is 7.77. The lowest BCUT2D eigenvalue weighted by Gasteiger charge is -2.22. The summed E-state index contributed by atoms with van der Waals surface area (Å²) in [5.41, 5.74) is 6.78. The predicted octanol–water partition coefficient (Wildman–Crippen LogP) is 4.59. The number of ether oxygens (including phenoxy) is 1. The molecule has 0 aromatic heterocycles. The van der Waals surface area contributed by atoms with Crippen LogP contribution in [0.5, 0.6) is 0 Å². The zero-order chi connectivity index (χ0) is 14.8. The van der Waals surface area contributed by atoms with Crippen molar-refractivity contribution < 1.29 is 9.13 Å². The van der Waals surface area contributed by atoms with E-state index in [-0.39, 0.29) is 18.0 Å².